The fourth-order valence-electron chi connectivity index (χ4n) is 4.50. The monoisotopic (exact) mass is 565 g/mol. The van der Waals surface area contributed by atoms with E-state index < -0.39 is 42.6 Å². The first-order valence-electron chi connectivity index (χ1n) is 13.7. The maximum Gasteiger partial charge on any atom is 0.310 e. The molecule has 220 valence electrons. The lowest BCUT2D eigenvalue weighted by molar-refractivity contribution is -0.160. The Bertz CT molecular complexity index is 1350. The van der Waals surface area contributed by atoms with Gasteiger partial charge in [0.15, 0.2) is 23.0 Å². The summed E-state index contributed by atoms with van der Waals surface area (Å²) in [7, 11) is 1.42. The van der Waals surface area contributed by atoms with Gasteiger partial charge >= 0.3 is 11.9 Å². The maximum atomic E-state index is 13.4. The van der Waals surface area contributed by atoms with Crippen molar-refractivity contribution < 1.29 is 38.1 Å². The Morgan fingerprint density at radius 2 is 1.61 bits per heavy atom. The number of methoxy groups -OCH3 is 1. The van der Waals surface area contributed by atoms with Crippen LogP contribution in [0.4, 0.5) is 0 Å². The van der Waals surface area contributed by atoms with Gasteiger partial charge in [0.05, 0.1) is 13.0 Å². The SMILES string of the molecule is COc1ccnc(C(=O)C[C@H](C(=O)O[C@@H](C)[C@H](Oc2ccc3ccccc3c2)C(C)C)C(C)C)c1OCOC(C)=O. The van der Waals surface area contributed by atoms with E-state index in [1.54, 1.807) is 6.92 Å². The van der Waals surface area contributed by atoms with Crippen molar-refractivity contribution in [3.8, 4) is 17.2 Å². The Morgan fingerprint density at radius 3 is 2.24 bits per heavy atom. The molecule has 41 heavy (non-hydrogen) atoms. The fourth-order valence-corrected chi connectivity index (χ4v) is 4.50. The first-order valence-corrected chi connectivity index (χ1v) is 13.7. The Kier molecular flexibility index (Phi) is 11.1. The standard InChI is InChI=1S/C32H39NO8/c1-19(2)26(17-27(35)29-31(39-18-38-22(6)34)28(37-7)14-15-33-29)32(36)40-21(5)30(20(3)4)41-25-13-12-23-10-8-9-11-24(23)16-25/h8-16,19-21,26,30H,17-18H2,1-7H3/t21-,26-,30+/m0/s1. The average molecular weight is 566 g/mol. The number of nitrogens with zero attached hydrogens (tertiary/aromatic N) is 1. The van der Waals surface area contributed by atoms with Gasteiger partial charge in [-0.25, -0.2) is 4.98 Å². The number of benzene rings is 2. The molecule has 0 saturated carbocycles. The first-order chi connectivity index (χ1) is 19.5. The Labute approximate surface area is 241 Å². The van der Waals surface area contributed by atoms with Gasteiger partial charge < -0.3 is 23.7 Å². The van der Waals surface area contributed by atoms with Crippen molar-refractivity contribution in [3.05, 3.63) is 60.4 Å². The van der Waals surface area contributed by atoms with Gasteiger partial charge in [-0.1, -0.05) is 58.0 Å². The molecular formula is C32H39NO8. The van der Waals surface area contributed by atoms with Gasteiger partial charge in [-0.3, -0.25) is 14.4 Å². The number of Topliss-reactive ketones (excluding diaryl/α,β-unsaturated/α-hetero) is 1. The second-order valence-electron chi connectivity index (χ2n) is 10.5. The third-order valence-electron chi connectivity index (χ3n) is 6.75. The Morgan fingerprint density at radius 1 is 0.902 bits per heavy atom. The quantitative estimate of drug-likeness (QED) is 0.132. The van der Waals surface area contributed by atoms with Gasteiger partial charge in [0.1, 0.15) is 18.0 Å². The van der Waals surface area contributed by atoms with E-state index in [0.717, 1.165) is 10.8 Å². The molecule has 0 bridgehead atoms. The summed E-state index contributed by atoms with van der Waals surface area (Å²) < 4.78 is 27.9. The van der Waals surface area contributed by atoms with E-state index in [2.05, 4.69) is 4.98 Å². The molecule has 3 atom stereocenters. The second kappa shape index (κ2) is 14.5. The van der Waals surface area contributed by atoms with E-state index in [-0.39, 0.29) is 35.4 Å². The number of ketones is 1. The summed E-state index contributed by atoms with van der Waals surface area (Å²) in [5.41, 5.74) is -0.0253. The highest BCUT2D eigenvalue weighted by Gasteiger charge is 2.33. The second-order valence-corrected chi connectivity index (χ2v) is 10.5. The highest BCUT2D eigenvalue weighted by Crippen LogP contribution is 2.32. The number of fused-ring (bicyclic) bond motifs is 1. The molecule has 0 aliphatic rings. The van der Waals surface area contributed by atoms with Crippen LogP contribution < -0.4 is 14.2 Å². The number of hydrogen-bond donors (Lipinski definition) is 0. The normalized spacial score (nSPS) is 13.4. The molecule has 9 heteroatoms. The predicted molar refractivity (Wildman–Crippen MR) is 154 cm³/mol. The van der Waals surface area contributed by atoms with Crippen LogP contribution in [0.2, 0.25) is 0 Å². The number of carbonyl (C=O) groups is 3. The molecule has 1 heterocycles. The summed E-state index contributed by atoms with van der Waals surface area (Å²) in [4.78, 5) is 42.1. The lowest BCUT2D eigenvalue weighted by Gasteiger charge is -2.30. The summed E-state index contributed by atoms with van der Waals surface area (Å²) in [6.45, 7) is 10.3. The van der Waals surface area contributed by atoms with E-state index in [0.29, 0.717) is 5.75 Å². The van der Waals surface area contributed by atoms with Gasteiger partial charge in [0.2, 0.25) is 6.79 Å². The molecule has 1 aromatic heterocycles. The number of pyridine rings is 1. The summed E-state index contributed by atoms with van der Waals surface area (Å²) in [5, 5.41) is 2.16. The number of ether oxygens (including phenoxy) is 5. The molecule has 3 aromatic rings. The molecule has 0 saturated heterocycles. The van der Waals surface area contributed by atoms with Crippen molar-refractivity contribution >= 4 is 28.5 Å². The van der Waals surface area contributed by atoms with Crippen molar-refractivity contribution in [2.45, 2.75) is 60.2 Å². The Hall–Kier alpha value is -4.14. The molecule has 0 aliphatic carbocycles. The molecule has 0 unspecified atom stereocenters. The fraction of sp³-hybridized carbons (Fsp3) is 0.438. The zero-order valence-corrected chi connectivity index (χ0v) is 24.7. The van der Waals surface area contributed by atoms with Crippen LogP contribution >= 0.6 is 0 Å². The first kappa shape index (κ1) is 31.4. The largest absolute Gasteiger partial charge is 0.493 e. The molecular weight excluding hydrogens is 526 g/mol. The van der Waals surface area contributed by atoms with Crippen LogP contribution in [-0.4, -0.2) is 48.8 Å². The zero-order chi connectivity index (χ0) is 30.1. The van der Waals surface area contributed by atoms with Crippen LogP contribution in [0.3, 0.4) is 0 Å². The third kappa shape index (κ3) is 8.42. The number of aromatic nitrogens is 1. The highest BCUT2D eigenvalue weighted by atomic mass is 16.7. The van der Waals surface area contributed by atoms with Crippen LogP contribution in [0.1, 0.15) is 58.5 Å². The van der Waals surface area contributed by atoms with Crippen LogP contribution in [0, 0.1) is 17.8 Å². The molecule has 2 aromatic carbocycles. The minimum atomic E-state index is -0.743. The third-order valence-corrected chi connectivity index (χ3v) is 6.75. The van der Waals surface area contributed by atoms with E-state index in [4.69, 9.17) is 23.7 Å². The molecule has 0 fully saturated rings. The van der Waals surface area contributed by atoms with Crippen LogP contribution in [-0.2, 0) is 19.1 Å². The molecule has 0 N–H and O–H groups in total. The van der Waals surface area contributed by atoms with E-state index >= 15 is 0 Å². The molecule has 0 spiro atoms. The molecule has 0 radical (unpaired) electrons. The van der Waals surface area contributed by atoms with Crippen molar-refractivity contribution in [3.63, 3.8) is 0 Å². The number of carbonyl (C=O) groups excluding carboxylic acids is 3. The minimum absolute atomic E-state index is 0.0253. The van der Waals surface area contributed by atoms with Gasteiger partial charge in [0, 0.05) is 25.6 Å². The molecule has 9 nitrogen and oxygen atoms in total. The summed E-state index contributed by atoms with van der Waals surface area (Å²) in [6, 6.07) is 15.4. The van der Waals surface area contributed by atoms with Crippen LogP contribution in [0.5, 0.6) is 17.2 Å². The lowest BCUT2D eigenvalue weighted by atomic mass is 9.89. The van der Waals surface area contributed by atoms with Gasteiger partial charge in [-0.2, -0.15) is 0 Å². The smallest absolute Gasteiger partial charge is 0.310 e. The van der Waals surface area contributed by atoms with E-state index in [1.807, 2.05) is 70.2 Å². The molecule has 0 amide bonds. The number of hydrogen-bond acceptors (Lipinski definition) is 9. The summed E-state index contributed by atoms with van der Waals surface area (Å²) in [6.07, 6.45) is 0.255. The summed E-state index contributed by atoms with van der Waals surface area (Å²) in [5.74, 6) is -1.40. The molecule has 3 rings (SSSR count). The maximum absolute atomic E-state index is 13.4. The average Bonchev–Trinajstić information content (AvgIpc) is 2.93. The Balaban J connectivity index is 1.74. The predicted octanol–water partition coefficient (Wildman–Crippen LogP) is 6.02. The van der Waals surface area contributed by atoms with Gasteiger partial charge in [-0.05, 0) is 41.7 Å². The molecule has 0 aliphatic heterocycles. The topological polar surface area (TPSA) is 110 Å². The van der Waals surface area contributed by atoms with Crippen molar-refractivity contribution in [2.24, 2.45) is 17.8 Å². The van der Waals surface area contributed by atoms with Crippen LogP contribution in [0.25, 0.3) is 10.8 Å². The van der Waals surface area contributed by atoms with Crippen molar-refractivity contribution in [1.82, 2.24) is 4.98 Å². The van der Waals surface area contributed by atoms with Gasteiger partial charge in [0.25, 0.3) is 0 Å². The minimum Gasteiger partial charge on any atom is -0.493 e. The van der Waals surface area contributed by atoms with Gasteiger partial charge in [-0.15, -0.1) is 0 Å². The highest BCUT2D eigenvalue weighted by molar-refractivity contribution is 5.99. The van der Waals surface area contributed by atoms with Crippen LogP contribution in [0.15, 0.2) is 54.7 Å². The summed E-state index contributed by atoms with van der Waals surface area (Å²) >= 11 is 0. The zero-order valence-electron chi connectivity index (χ0n) is 24.7. The number of esters is 2. The number of rotatable bonds is 14. The van der Waals surface area contributed by atoms with Crippen molar-refractivity contribution in [1.29, 1.82) is 0 Å². The van der Waals surface area contributed by atoms with Crippen molar-refractivity contribution in [2.75, 3.05) is 13.9 Å². The lowest BCUT2D eigenvalue weighted by Crippen LogP contribution is -2.39. The van der Waals surface area contributed by atoms with E-state index in [9.17, 15) is 14.4 Å². The van der Waals surface area contributed by atoms with E-state index in [1.165, 1.54) is 26.3 Å².